The molecule has 1 spiro atoms. The molecule has 4 aromatic rings. The highest BCUT2D eigenvalue weighted by Gasteiger charge is 2.50. The Morgan fingerprint density at radius 3 is 2.51 bits per heavy atom. The van der Waals surface area contributed by atoms with Crippen molar-refractivity contribution in [1.29, 1.82) is 0 Å². The average molecular weight is 684 g/mol. The Morgan fingerprint density at radius 2 is 1.82 bits per heavy atom. The molecule has 3 fully saturated rings. The third-order valence-electron chi connectivity index (χ3n) is 10.3. The van der Waals surface area contributed by atoms with E-state index in [2.05, 4.69) is 21.8 Å². The largest absolute Gasteiger partial charge is 0.471 e. The van der Waals surface area contributed by atoms with Crippen LogP contribution in [0.3, 0.4) is 0 Å². The molecule has 3 aliphatic heterocycles. The number of fused-ring (bicyclic) bond motifs is 3. The Morgan fingerprint density at radius 1 is 1.06 bits per heavy atom. The van der Waals surface area contributed by atoms with Gasteiger partial charge in [-0.1, -0.05) is 12.1 Å². The number of halogens is 3. The van der Waals surface area contributed by atoms with Crippen molar-refractivity contribution in [2.24, 2.45) is 0 Å². The fraction of sp³-hybridized carbons (Fsp3) is 0.559. The van der Waals surface area contributed by atoms with Gasteiger partial charge in [-0.3, -0.25) is 0 Å². The molecule has 3 aliphatic rings. The molecule has 0 saturated carbocycles. The van der Waals surface area contributed by atoms with E-state index in [1.165, 1.54) is 0 Å². The molecule has 3 atom stereocenters. The summed E-state index contributed by atoms with van der Waals surface area (Å²) in [6, 6.07) is 8.57. The number of anilines is 2. The molecule has 2 N–H and O–H groups in total. The smallest absolute Gasteiger partial charge is 0.451 e. The number of rotatable bonds is 8. The molecule has 49 heavy (non-hydrogen) atoms. The lowest BCUT2D eigenvalue weighted by molar-refractivity contribution is -0.228. The summed E-state index contributed by atoms with van der Waals surface area (Å²) in [6.07, 6.45) is -3.00. The summed E-state index contributed by atoms with van der Waals surface area (Å²) in [5.74, 6) is -0.743. The first-order valence-electron chi connectivity index (χ1n) is 16.5. The van der Waals surface area contributed by atoms with Crippen LogP contribution in [-0.2, 0) is 20.3 Å². The van der Waals surface area contributed by atoms with Crippen LogP contribution in [-0.4, -0.2) is 95.4 Å². The van der Waals surface area contributed by atoms with Crippen LogP contribution in [0.5, 0.6) is 5.88 Å². The maximum absolute atomic E-state index is 14.0. The van der Waals surface area contributed by atoms with Crippen molar-refractivity contribution in [3.05, 3.63) is 42.4 Å². The summed E-state index contributed by atoms with van der Waals surface area (Å²) < 4.78 is 72.6. The number of ether oxygens (including phenoxy) is 3. The second-order valence-corrected chi connectivity index (χ2v) is 14.4. The van der Waals surface area contributed by atoms with Crippen molar-refractivity contribution in [2.75, 3.05) is 42.7 Å². The molecule has 15 heteroatoms. The second kappa shape index (κ2) is 12.0. The van der Waals surface area contributed by atoms with E-state index in [-0.39, 0.29) is 35.5 Å². The SMILES string of the molecule is C[C@@H]1CC(Oc2ncc([B]OC(C)(C)C(C)(C)[OH2+])cc2N2CCOC3(COC3)[C@@H]2C)CN1c1nc(C(F)(F)F)nc2c1oc1ccccc12. The van der Waals surface area contributed by atoms with E-state index in [0.717, 1.165) is 5.69 Å². The fourth-order valence-corrected chi connectivity index (χ4v) is 6.50. The van der Waals surface area contributed by atoms with E-state index >= 15 is 0 Å². The number of furan rings is 1. The predicted octanol–water partition coefficient (Wildman–Crippen LogP) is 4.37. The molecule has 6 heterocycles. The predicted molar refractivity (Wildman–Crippen MR) is 179 cm³/mol. The normalized spacial score (nSPS) is 23.0. The van der Waals surface area contributed by atoms with Crippen LogP contribution in [0.2, 0.25) is 0 Å². The highest BCUT2D eigenvalue weighted by atomic mass is 19.4. The molecule has 0 bridgehead atoms. The standard InChI is InChI=1S/C34H40BF3N5O6/c1-19-13-22(16-43(19)28-27-26(40-30(41-28)34(36,37)38)23-9-7-8-10-25(23)48-27)47-29-24(42-11-12-46-33(20(42)2)17-45-18-33)14-21(15-39-29)35-49-32(5,6)31(3,4)44/h7-10,14-15,19-20,22,44H,11-13,16-18H2,1-6H3/p+1/t19-,20+,22?/m1/s1. The van der Waals surface area contributed by atoms with Crippen molar-refractivity contribution in [3.8, 4) is 5.88 Å². The molecular formula is C34H41BF3N5O6+. The monoisotopic (exact) mass is 683 g/mol. The highest BCUT2D eigenvalue weighted by Crippen LogP contribution is 2.41. The van der Waals surface area contributed by atoms with Gasteiger partial charge in [-0.15, -0.1) is 0 Å². The molecule has 3 saturated heterocycles. The zero-order chi connectivity index (χ0) is 34.9. The molecule has 3 aromatic heterocycles. The number of aromatic nitrogens is 3. The zero-order valence-electron chi connectivity index (χ0n) is 28.4. The number of alkyl halides is 3. The summed E-state index contributed by atoms with van der Waals surface area (Å²) in [4.78, 5) is 16.6. The van der Waals surface area contributed by atoms with Gasteiger partial charge in [-0.2, -0.15) is 13.2 Å². The molecule has 0 aliphatic carbocycles. The average Bonchev–Trinajstić information content (AvgIpc) is 3.58. The minimum absolute atomic E-state index is 0.0545. The molecule has 261 valence electrons. The van der Waals surface area contributed by atoms with Crippen molar-refractivity contribution < 1.29 is 41.6 Å². The van der Waals surface area contributed by atoms with Gasteiger partial charge in [0.15, 0.2) is 17.0 Å². The van der Waals surface area contributed by atoms with Crippen molar-refractivity contribution in [1.82, 2.24) is 15.0 Å². The molecule has 1 aromatic carbocycles. The molecule has 1 radical (unpaired) electrons. The van der Waals surface area contributed by atoms with Crippen LogP contribution >= 0.6 is 0 Å². The summed E-state index contributed by atoms with van der Waals surface area (Å²) in [5.41, 5.74) is 0.129. The lowest BCUT2D eigenvalue weighted by Crippen LogP contribution is -2.68. The zero-order valence-corrected chi connectivity index (χ0v) is 28.4. The van der Waals surface area contributed by atoms with Crippen LogP contribution in [0.1, 0.15) is 53.8 Å². The number of nitrogens with zero attached hydrogens (tertiary/aromatic N) is 5. The Labute approximate surface area is 283 Å². The summed E-state index contributed by atoms with van der Waals surface area (Å²) in [6.45, 7) is 13.7. The number of pyridine rings is 1. The second-order valence-electron chi connectivity index (χ2n) is 14.4. The van der Waals surface area contributed by atoms with E-state index in [4.69, 9.17) is 33.4 Å². The minimum atomic E-state index is -4.75. The Bertz CT molecular complexity index is 1860. The number of hydrogen-bond donors (Lipinski definition) is 0. The van der Waals surface area contributed by atoms with Gasteiger partial charge in [0.25, 0.3) is 0 Å². The number of para-hydroxylation sites is 1. The topological polar surface area (TPSA) is 118 Å². The molecular weight excluding hydrogens is 642 g/mol. The Balaban J connectivity index is 1.20. The van der Waals surface area contributed by atoms with E-state index in [0.29, 0.717) is 55.1 Å². The van der Waals surface area contributed by atoms with Gasteiger partial charge in [0.05, 0.1) is 38.1 Å². The maximum Gasteiger partial charge on any atom is 0.451 e. The lowest BCUT2D eigenvalue weighted by atomic mass is 9.83. The van der Waals surface area contributed by atoms with E-state index in [9.17, 15) is 13.2 Å². The van der Waals surface area contributed by atoms with Crippen molar-refractivity contribution in [2.45, 2.75) is 89.1 Å². The van der Waals surface area contributed by atoms with Crippen LogP contribution in [0, 0.1) is 0 Å². The molecule has 7 rings (SSSR count). The first-order chi connectivity index (χ1) is 23.1. The summed E-state index contributed by atoms with van der Waals surface area (Å²) >= 11 is 0. The summed E-state index contributed by atoms with van der Waals surface area (Å²) in [7, 11) is 1.62. The van der Waals surface area contributed by atoms with Crippen LogP contribution < -0.4 is 20.0 Å². The van der Waals surface area contributed by atoms with Gasteiger partial charge in [-0.05, 0) is 51.4 Å². The first-order valence-corrected chi connectivity index (χ1v) is 16.5. The molecule has 11 nitrogen and oxygen atoms in total. The number of hydrogen-bond acceptors (Lipinski definition) is 10. The van der Waals surface area contributed by atoms with Gasteiger partial charge in [0, 0.05) is 44.4 Å². The maximum atomic E-state index is 14.0. The number of benzene rings is 1. The summed E-state index contributed by atoms with van der Waals surface area (Å²) in [5, 5.41) is 8.97. The quantitative estimate of drug-likeness (QED) is 0.196. The first kappa shape index (κ1) is 33.8. The third-order valence-corrected chi connectivity index (χ3v) is 10.3. The highest BCUT2D eigenvalue weighted by molar-refractivity contribution is 6.47. The fourth-order valence-electron chi connectivity index (χ4n) is 6.50. The Hall–Kier alpha value is -3.66. The van der Waals surface area contributed by atoms with Gasteiger partial charge >= 0.3 is 13.7 Å². The van der Waals surface area contributed by atoms with Gasteiger partial charge in [-0.25, -0.2) is 15.0 Å². The third kappa shape index (κ3) is 6.08. The number of morpholine rings is 1. The van der Waals surface area contributed by atoms with Gasteiger partial charge < -0.3 is 38.2 Å². The van der Waals surface area contributed by atoms with Crippen molar-refractivity contribution >= 4 is 46.5 Å². The molecule has 1 unspecified atom stereocenters. The lowest BCUT2D eigenvalue weighted by Gasteiger charge is -2.53. The van der Waals surface area contributed by atoms with E-state index in [1.54, 1.807) is 56.7 Å². The van der Waals surface area contributed by atoms with Gasteiger partial charge in [0.2, 0.25) is 11.7 Å². The Kier molecular flexibility index (Phi) is 8.28. The van der Waals surface area contributed by atoms with Crippen LogP contribution in [0.25, 0.3) is 22.1 Å². The van der Waals surface area contributed by atoms with E-state index < -0.39 is 34.9 Å². The van der Waals surface area contributed by atoms with Crippen LogP contribution in [0.15, 0.2) is 40.9 Å². The molecule has 0 amide bonds. The van der Waals surface area contributed by atoms with Crippen LogP contribution in [0.4, 0.5) is 24.7 Å². The van der Waals surface area contributed by atoms with Crippen molar-refractivity contribution in [3.63, 3.8) is 0 Å². The minimum Gasteiger partial charge on any atom is -0.471 e. The van der Waals surface area contributed by atoms with Gasteiger partial charge in [0.1, 0.15) is 28.4 Å². The van der Waals surface area contributed by atoms with E-state index in [1.807, 2.05) is 26.8 Å².